The van der Waals surface area contributed by atoms with Crippen LogP contribution >= 0.6 is 0 Å². The number of rotatable bonds is 6. The second-order valence-corrected chi connectivity index (χ2v) is 5.16. The molecule has 2 N–H and O–H groups in total. The van der Waals surface area contributed by atoms with E-state index in [-0.39, 0.29) is 18.7 Å². The van der Waals surface area contributed by atoms with Crippen molar-refractivity contribution in [3.63, 3.8) is 0 Å². The number of hydrogen-bond acceptors (Lipinski definition) is 2. The topological polar surface area (TPSA) is 32.3 Å². The van der Waals surface area contributed by atoms with Crippen molar-refractivity contribution >= 4 is 0 Å². The van der Waals surface area contributed by atoms with Gasteiger partial charge in [0.2, 0.25) is 0 Å². The van der Waals surface area contributed by atoms with Crippen LogP contribution in [0.1, 0.15) is 31.9 Å². The molecule has 0 saturated carbocycles. The van der Waals surface area contributed by atoms with E-state index in [1.54, 1.807) is 0 Å². The Bertz CT molecular complexity index is 503. The van der Waals surface area contributed by atoms with Crippen LogP contribution in [-0.2, 0) is 0 Å². The molecule has 0 saturated heterocycles. The van der Waals surface area contributed by atoms with Crippen molar-refractivity contribution in [1.29, 1.82) is 0 Å². The molecule has 0 aliphatic carbocycles. The Morgan fingerprint density at radius 1 is 0.950 bits per heavy atom. The fraction of sp³-hybridized carbons (Fsp3) is 0.333. The summed E-state index contributed by atoms with van der Waals surface area (Å²) in [5.74, 6) is 0. The molecule has 2 aromatic carbocycles. The van der Waals surface area contributed by atoms with E-state index in [9.17, 15) is 5.11 Å². The minimum atomic E-state index is 0.166. The van der Waals surface area contributed by atoms with Gasteiger partial charge in [-0.1, -0.05) is 61.5 Å². The zero-order valence-corrected chi connectivity index (χ0v) is 12.2. The summed E-state index contributed by atoms with van der Waals surface area (Å²) in [5.41, 5.74) is 3.72. The highest BCUT2D eigenvalue weighted by atomic mass is 16.3. The second-order valence-electron chi connectivity index (χ2n) is 5.16. The molecule has 20 heavy (non-hydrogen) atoms. The molecule has 0 radical (unpaired) electrons. The molecule has 2 aromatic rings. The van der Waals surface area contributed by atoms with Gasteiger partial charge in [0, 0.05) is 12.1 Å². The number of nitrogens with one attached hydrogen (secondary N) is 1. The van der Waals surface area contributed by atoms with E-state index < -0.39 is 0 Å². The molecule has 0 aliphatic heterocycles. The molecule has 2 rings (SSSR count). The van der Waals surface area contributed by atoms with Gasteiger partial charge in [-0.2, -0.15) is 0 Å². The fourth-order valence-corrected chi connectivity index (χ4v) is 2.34. The Morgan fingerprint density at radius 2 is 1.55 bits per heavy atom. The molecule has 1 unspecified atom stereocenters. The van der Waals surface area contributed by atoms with Crippen LogP contribution in [-0.4, -0.2) is 17.8 Å². The van der Waals surface area contributed by atoms with Gasteiger partial charge in [-0.15, -0.1) is 0 Å². The maximum Gasteiger partial charge on any atom is 0.0584 e. The summed E-state index contributed by atoms with van der Waals surface area (Å²) in [4.78, 5) is 0. The van der Waals surface area contributed by atoms with Crippen molar-refractivity contribution < 1.29 is 5.11 Å². The van der Waals surface area contributed by atoms with Crippen LogP contribution in [0.2, 0.25) is 0 Å². The number of aliphatic hydroxyl groups excluding tert-OH is 1. The highest BCUT2D eigenvalue weighted by molar-refractivity contribution is 5.63. The standard InChI is InChI=1S/C18H23NO/c1-3-18(13-20)19-14(2)15-9-11-17(12-10-15)16-7-5-4-6-8-16/h4-12,14,18-20H,3,13H2,1-2H3/t14?,18-/m0/s1. The Labute approximate surface area is 121 Å². The first-order valence-corrected chi connectivity index (χ1v) is 7.27. The molecule has 0 fully saturated rings. The first kappa shape index (κ1) is 14.8. The maximum absolute atomic E-state index is 9.25. The van der Waals surface area contributed by atoms with Gasteiger partial charge >= 0.3 is 0 Å². The molecule has 106 valence electrons. The van der Waals surface area contributed by atoms with Crippen molar-refractivity contribution in [2.45, 2.75) is 32.4 Å². The predicted octanol–water partition coefficient (Wildman–Crippen LogP) is 3.78. The van der Waals surface area contributed by atoms with Crippen LogP contribution in [0.4, 0.5) is 0 Å². The van der Waals surface area contributed by atoms with E-state index in [0.29, 0.717) is 0 Å². The molecule has 0 aromatic heterocycles. The molecule has 0 heterocycles. The van der Waals surface area contributed by atoms with Crippen molar-refractivity contribution in [2.24, 2.45) is 0 Å². The lowest BCUT2D eigenvalue weighted by molar-refractivity contribution is 0.230. The van der Waals surface area contributed by atoms with Crippen molar-refractivity contribution in [1.82, 2.24) is 5.32 Å². The van der Waals surface area contributed by atoms with Gasteiger partial charge in [0.15, 0.2) is 0 Å². The summed E-state index contributed by atoms with van der Waals surface area (Å²) in [7, 11) is 0. The Kier molecular flexibility index (Phi) is 5.33. The predicted molar refractivity (Wildman–Crippen MR) is 84.6 cm³/mol. The van der Waals surface area contributed by atoms with Gasteiger partial charge in [-0.3, -0.25) is 0 Å². The molecule has 0 spiro atoms. The first-order chi connectivity index (χ1) is 9.74. The number of aliphatic hydroxyl groups is 1. The molecule has 0 amide bonds. The van der Waals surface area contributed by atoms with Crippen LogP contribution < -0.4 is 5.32 Å². The highest BCUT2D eigenvalue weighted by Crippen LogP contribution is 2.22. The van der Waals surface area contributed by atoms with Crippen LogP contribution in [0.3, 0.4) is 0 Å². The smallest absolute Gasteiger partial charge is 0.0584 e. The van der Waals surface area contributed by atoms with E-state index in [0.717, 1.165) is 6.42 Å². The summed E-state index contributed by atoms with van der Waals surface area (Å²) in [6.07, 6.45) is 0.933. The number of hydrogen-bond donors (Lipinski definition) is 2. The zero-order chi connectivity index (χ0) is 14.4. The monoisotopic (exact) mass is 269 g/mol. The van der Waals surface area contributed by atoms with Crippen LogP contribution in [0.15, 0.2) is 54.6 Å². The Morgan fingerprint density at radius 3 is 2.10 bits per heavy atom. The Hall–Kier alpha value is -1.64. The lowest BCUT2D eigenvalue weighted by Gasteiger charge is -2.21. The third kappa shape index (κ3) is 3.69. The summed E-state index contributed by atoms with van der Waals surface area (Å²) in [6, 6.07) is 19.4. The molecule has 2 nitrogen and oxygen atoms in total. The molecular formula is C18H23NO. The van der Waals surface area contributed by atoms with Gasteiger partial charge in [0.05, 0.1) is 6.61 Å². The van der Waals surface area contributed by atoms with Gasteiger partial charge in [-0.05, 0) is 30.0 Å². The summed E-state index contributed by atoms with van der Waals surface area (Å²) < 4.78 is 0. The van der Waals surface area contributed by atoms with Gasteiger partial charge in [0.25, 0.3) is 0 Å². The lowest BCUT2D eigenvalue weighted by Crippen LogP contribution is -2.33. The molecular weight excluding hydrogens is 246 g/mol. The average Bonchev–Trinajstić information content (AvgIpc) is 2.53. The maximum atomic E-state index is 9.25. The third-order valence-electron chi connectivity index (χ3n) is 3.72. The van der Waals surface area contributed by atoms with Crippen LogP contribution in [0, 0.1) is 0 Å². The third-order valence-corrected chi connectivity index (χ3v) is 3.72. The Balaban J connectivity index is 2.08. The van der Waals surface area contributed by atoms with Crippen molar-refractivity contribution in [3.05, 3.63) is 60.2 Å². The minimum absolute atomic E-state index is 0.166. The quantitative estimate of drug-likeness (QED) is 0.836. The van der Waals surface area contributed by atoms with Gasteiger partial charge < -0.3 is 10.4 Å². The summed E-state index contributed by atoms with van der Waals surface area (Å²) >= 11 is 0. The van der Waals surface area contributed by atoms with E-state index in [1.807, 2.05) is 6.07 Å². The largest absolute Gasteiger partial charge is 0.395 e. The number of benzene rings is 2. The van der Waals surface area contributed by atoms with Crippen molar-refractivity contribution in [2.75, 3.05) is 6.61 Å². The van der Waals surface area contributed by atoms with Gasteiger partial charge in [-0.25, -0.2) is 0 Å². The summed E-state index contributed by atoms with van der Waals surface area (Å²) in [6.45, 7) is 4.40. The first-order valence-electron chi connectivity index (χ1n) is 7.27. The lowest BCUT2D eigenvalue weighted by atomic mass is 10.0. The minimum Gasteiger partial charge on any atom is -0.395 e. The van der Waals surface area contributed by atoms with E-state index in [2.05, 4.69) is 67.7 Å². The average molecular weight is 269 g/mol. The van der Waals surface area contributed by atoms with E-state index in [4.69, 9.17) is 0 Å². The normalized spacial score (nSPS) is 13.9. The highest BCUT2D eigenvalue weighted by Gasteiger charge is 2.10. The van der Waals surface area contributed by atoms with E-state index >= 15 is 0 Å². The fourth-order valence-electron chi connectivity index (χ4n) is 2.34. The van der Waals surface area contributed by atoms with Crippen LogP contribution in [0.25, 0.3) is 11.1 Å². The van der Waals surface area contributed by atoms with Crippen LogP contribution in [0.5, 0.6) is 0 Å². The SMILES string of the molecule is CC[C@@H](CO)NC(C)c1ccc(-c2ccccc2)cc1. The zero-order valence-electron chi connectivity index (χ0n) is 12.2. The molecule has 0 bridgehead atoms. The molecule has 2 atom stereocenters. The van der Waals surface area contributed by atoms with Gasteiger partial charge in [0.1, 0.15) is 0 Å². The summed E-state index contributed by atoms with van der Waals surface area (Å²) in [5, 5.41) is 12.7. The second kappa shape index (κ2) is 7.22. The molecule has 2 heteroatoms. The van der Waals surface area contributed by atoms with E-state index in [1.165, 1.54) is 16.7 Å². The van der Waals surface area contributed by atoms with Crippen molar-refractivity contribution in [3.8, 4) is 11.1 Å². The molecule has 0 aliphatic rings.